The van der Waals surface area contributed by atoms with Gasteiger partial charge in [0.15, 0.2) is 0 Å². The van der Waals surface area contributed by atoms with Crippen molar-refractivity contribution in [1.82, 2.24) is 4.90 Å². The summed E-state index contributed by atoms with van der Waals surface area (Å²) in [6.45, 7) is 3.72. The Morgan fingerprint density at radius 3 is 3.07 bits per heavy atom. The Hall–Kier alpha value is -1.01. The number of carbonyl (C=O) groups excluding carboxylic acids is 1. The van der Waals surface area contributed by atoms with Crippen LogP contribution in [-0.2, 0) is 9.53 Å². The number of terminal acetylenes is 1. The molecule has 0 radical (unpaired) electrons. The van der Waals surface area contributed by atoms with Crippen molar-refractivity contribution in [3.8, 4) is 12.3 Å². The molecular formula is C11H17NO2. The van der Waals surface area contributed by atoms with Crippen molar-refractivity contribution in [2.45, 2.75) is 32.2 Å². The average molecular weight is 195 g/mol. The number of piperidine rings is 1. The van der Waals surface area contributed by atoms with Gasteiger partial charge in [0.1, 0.15) is 6.04 Å². The average Bonchev–Trinajstić information content (AvgIpc) is 2.19. The summed E-state index contributed by atoms with van der Waals surface area (Å²) in [4.78, 5) is 13.6. The molecule has 0 bridgehead atoms. The van der Waals surface area contributed by atoms with Crippen LogP contribution in [0.2, 0.25) is 0 Å². The molecule has 78 valence electrons. The molecule has 1 atom stereocenters. The van der Waals surface area contributed by atoms with Gasteiger partial charge in [0.25, 0.3) is 0 Å². The van der Waals surface area contributed by atoms with Gasteiger partial charge in [0.2, 0.25) is 0 Å². The van der Waals surface area contributed by atoms with E-state index in [2.05, 4.69) is 5.92 Å². The van der Waals surface area contributed by atoms with E-state index in [-0.39, 0.29) is 12.0 Å². The molecule has 0 aromatic carbocycles. The quantitative estimate of drug-likeness (QED) is 0.498. The van der Waals surface area contributed by atoms with E-state index in [0.29, 0.717) is 13.2 Å². The summed E-state index contributed by atoms with van der Waals surface area (Å²) in [7, 11) is 0. The Morgan fingerprint density at radius 2 is 2.43 bits per heavy atom. The monoisotopic (exact) mass is 195 g/mol. The van der Waals surface area contributed by atoms with Gasteiger partial charge in [-0.25, -0.2) is 0 Å². The predicted octanol–water partition coefficient (Wildman–Crippen LogP) is 1.04. The first-order valence-electron chi connectivity index (χ1n) is 5.13. The molecule has 1 aliphatic heterocycles. The molecule has 1 saturated heterocycles. The third-order valence-electron chi connectivity index (χ3n) is 2.47. The van der Waals surface area contributed by atoms with Crippen molar-refractivity contribution in [2.75, 3.05) is 19.7 Å². The Labute approximate surface area is 85.4 Å². The Morgan fingerprint density at radius 1 is 1.64 bits per heavy atom. The zero-order valence-electron chi connectivity index (χ0n) is 8.66. The van der Waals surface area contributed by atoms with E-state index >= 15 is 0 Å². The second-order valence-corrected chi connectivity index (χ2v) is 3.44. The van der Waals surface area contributed by atoms with Crippen LogP contribution < -0.4 is 0 Å². The standard InChI is InChI=1S/C11H17NO2/c1-3-8-12-9-6-5-7-10(12)11(13)14-4-2/h1,10H,4-9H2,2H3/t10-/m1/s1. The number of nitrogens with zero attached hydrogens (tertiary/aromatic N) is 1. The minimum absolute atomic E-state index is 0.111. The molecule has 3 heteroatoms. The molecule has 0 unspecified atom stereocenters. The highest BCUT2D eigenvalue weighted by molar-refractivity contribution is 5.75. The molecule has 0 aliphatic carbocycles. The van der Waals surface area contributed by atoms with Gasteiger partial charge in [-0.05, 0) is 26.3 Å². The SMILES string of the molecule is C#CCN1CCCC[C@@H]1C(=O)OCC. The summed E-state index contributed by atoms with van der Waals surface area (Å²) in [6.07, 6.45) is 8.34. The van der Waals surface area contributed by atoms with Crippen molar-refractivity contribution in [2.24, 2.45) is 0 Å². The minimum atomic E-state index is -0.123. The molecule has 14 heavy (non-hydrogen) atoms. The maximum atomic E-state index is 11.6. The van der Waals surface area contributed by atoms with Crippen molar-refractivity contribution in [3.05, 3.63) is 0 Å². The lowest BCUT2D eigenvalue weighted by molar-refractivity contribution is -0.150. The fraction of sp³-hybridized carbons (Fsp3) is 0.727. The van der Waals surface area contributed by atoms with Crippen LogP contribution in [0.25, 0.3) is 0 Å². The number of carbonyl (C=O) groups is 1. The summed E-state index contributed by atoms with van der Waals surface area (Å²) < 4.78 is 5.01. The molecule has 0 aromatic heterocycles. The van der Waals surface area contributed by atoms with Crippen molar-refractivity contribution in [3.63, 3.8) is 0 Å². The number of hydrogen-bond donors (Lipinski definition) is 0. The van der Waals surface area contributed by atoms with Gasteiger partial charge >= 0.3 is 5.97 Å². The van der Waals surface area contributed by atoms with Crippen LogP contribution in [0, 0.1) is 12.3 Å². The summed E-state index contributed by atoms with van der Waals surface area (Å²) >= 11 is 0. The van der Waals surface area contributed by atoms with Gasteiger partial charge in [-0.15, -0.1) is 6.42 Å². The van der Waals surface area contributed by atoms with E-state index in [0.717, 1.165) is 25.8 Å². The summed E-state index contributed by atoms with van der Waals surface area (Å²) in [5.74, 6) is 2.46. The summed E-state index contributed by atoms with van der Waals surface area (Å²) in [5, 5.41) is 0. The van der Waals surface area contributed by atoms with Gasteiger partial charge in [0, 0.05) is 0 Å². The van der Waals surface area contributed by atoms with E-state index in [4.69, 9.17) is 11.2 Å². The molecule has 1 fully saturated rings. The number of rotatable bonds is 3. The molecule has 0 aromatic rings. The smallest absolute Gasteiger partial charge is 0.323 e. The summed E-state index contributed by atoms with van der Waals surface area (Å²) in [5.41, 5.74) is 0. The van der Waals surface area contributed by atoms with Crippen LogP contribution in [-0.4, -0.2) is 36.6 Å². The second kappa shape index (κ2) is 5.66. The maximum absolute atomic E-state index is 11.6. The molecule has 0 N–H and O–H groups in total. The fourth-order valence-electron chi connectivity index (χ4n) is 1.80. The van der Waals surface area contributed by atoms with Crippen LogP contribution in [0.1, 0.15) is 26.2 Å². The van der Waals surface area contributed by atoms with Crippen LogP contribution in [0.5, 0.6) is 0 Å². The Kier molecular flexibility index (Phi) is 4.48. The van der Waals surface area contributed by atoms with Crippen LogP contribution >= 0.6 is 0 Å². The zero-order chi connectivity index (χ0) is 10.4. The van der Waals surface area contributed by atoms with Gasteiger partial charge in [0.05, 0.1) is 13.2 Å². The molecule has 1 rings (SSSR count). The van der Waals surface area contributed by atoms with Crippen LogP contribution in [0.3, 0.4) is 0 Å². The number of esters is 1. The Bertz CT molecular complexity index is 232. The molecule has 0 saturated carbocycles. The molecule has 1 heterocycles. The fourth-order valence-corrected chi connectivity index (χ4v) is 1.80. The lowest BCUT2D eigenvalue weighted by Crippen LogP contribution is -2.45. The summed E-state index contributed by atoms with van der Waals surface area (Å²) in [6, 6.07) is -0.111. The largest absolute Gasteiger partial charge is 0.465 e. The normalized spacial score (nSPS) is 22.7. The van der Waals surface area contributed by atoms with Crippen molar-refractivity contribution in [1.29, 1.82) is 0 Å². The van der Waals surface area contributed by atoms with Crippen LogP contribution in [0.4, 0.5) is 0 Å². The first-order valence-corrected chi connectivity index (χ1v) is 5.13. The second-order valence-electron chi connectivity index (χ2n) is 3.44. The van der Waals surface area contributed by atoms with E-state index < -0.39 is 0 Å². The number of ether oxygens (including phenoxy) is 1. The first kappa shape index (κ1) is 11.1. The maximum Gasteiger partial charge on any atom is 0.323 e. The van der Waals surface area contributed by atoms with Crippen molar-refractivity contribution < 1.29 is 9.53 Å². The molecule has 1 aliphatic rings. The highest BCUT2D eigenvalue weighted by atomic mass is 16.5. The van der Waals surface area contributed by atoms with E-state index in [1.165, 1.54) is 0 Å². The van der Waals surface area contributed by atoms with Gasteiger partial charge in [-0.1, -0.05) is 12.3 Å². The molecule has 0 amide bonds. The number of hydrogen-bond acceptors (Lipinski definition) is 3. The van der Waals surface area contributed by atoms with Crippen molar-refractivity contribution >= 4 is 5.97 Å². The lowest BCUT2D eigenvalue weighted by atomic mass is 10.0. The Balaban J connectivity index is 2.53. The first-order chi connectivity index (χ1) is 6.79. The lowest BCUT2D eigenvalue weighted by Gasteiger charge is -2.32. The number of likely N-dealkylation sites (tertiary alicyclic amines) is 1. The predicted molar refractivity (Wildman–Crippen MR) is 54.7 cm³/mol. The third-order valence-corrected chi connectivity index (χ3v) is 2.47. The molecule has 0 spiro atoms. The molecular weight excluding hydrogens is 178 g/mol. The minimum Gasteiger partial charge on any atom is -0.465 e. The van der Waals surface area contributed by atoms with E-state index in [1.54, 1.807) is 0 Å². The van der Waals surface area contributed by atoms with Gasteiger partial charge in [-0.2, -0.15) is 0 Å². The topological polar surface area (TPSA) is 29.5 Å². The zero-order valence-corrected chi connectivity index (χ0v) is 8.66. The van der Waals surface area contributed by atoms with Gasteiger partial charge in [-0.3, -0.25) is 9.69 Å². The molecule has 3 nitrogen and oxygen atoms in total. The highest BCUT2D eigenvalue weighted by Crippen LogP contribution is 2.17. The van der Waals surface area contributed by atoms with Gasteiger partial charge < -0.3 is 4.74 Å². The van der Waals surface area contributed by atoms with E-state index in [9.17, 15) is 4.79 Å². The highest BCUT2D eigenvalue weighted by Gasteiger charge is 2.28. The van der Waals surface area contributed by atoms with Crippen LogP contribution in [0.15, 0.2) is 0 Å². The van der Waals surface area contributed by atoms with E-state index in [1.807, 2.05) is 11.8 Å². The third kappa shape index (κ3) is 2.74.